The van der Waals surface area contributed by atoms with Gasteiger partial charge in [-0.15, -0.1) is 0 Å². The van der Waals surface area contributed by atoms with E-state index in [0.29, 0.717) is 5.56 Å². The highest BCUT2D eigenvalue weighted by Crippen LogP contribution is 2.25. The molecule has 2 N–H and O–H groups in total. The van der Waals surface area contributed by atoms with E-state index in [1.165, 1.54) is 5.56 Å². The van der Waals surface area contributed by atoms with Crippen LogP contribution in [0.5, 0.6) is 0 Å². The van der Waals surface area contributed by atoms with Crippen LogP contribution in [0.4, 0.5) is 0 Å². The van der Waals surface area contributed by atoms with Crippen molar-refractivity contribution < 1.29 is 14.7 Å². The van der Waals surface area contributed by atoms with Gasteiger partial charge in [0, 0.05) is 11.6 Å². The highest BCUT2D eigenvalue weighted by molar-refractivity contribution is 5.96. The highest BCUT2D eigenvalue weighted by atomic mass is 16.4. The summed E-state index contributed by atoms with van der Waals surface area (Å²) in [5.41, 5.74) is 3.06. The third-order valence-electron chi connectivity index (χ3n) is 3.89. The number of aliphatic carboxylic acids is 1. The number of hydrogen-bond acceptors (Lipinski definition) is 2. The summed E-state index contributed by atoms with van der Waals surface area (Å²) in [5.74, 6) is -1.66. The Labute approximate surface area is 112 Å². The van der Waals surface area contributed by atoms with Gasteiger partial charge < -0.3 is 10.4 Å². The summed E-state index contributed by atoms with van der Waals surface area (Å²) in [6.45, 7) is 3.32. The number of benzene rings is 1. The lowest BCUT2D eigenvalue weighted by atomic mass is 10.0. The molecular weight excluding hydrogens is 242 g/mol. The number of carbonyl (C=O) groups is 2. The Hall–Kier alpha value is -1.84. The van der Waals surface area contributed by atoms with Crippen LogP contribution in [0.25, 0.3) is 0 Å². The summed E-state index contributed by atoms with van der Waals surface area (Å²) >= 11 is 0. The average Bonchev–Trinajstić information content (AvgIpc) is 2.85. The molecule has 2 rings (SSSR count). The van der Waals surface area contributed by atoms with Crippen molar-refractivity contribution >= 4 is 11.9 Å². The fourth-order valence-electron chi connectivity index (χ4n) is 2.46. The summed E-state index contributed by atoms with van der Waals surface area (Å²) in [6, 6.07) is 5.38. The lowest BCUT2D eigenvalue weighted by molar-refractivity contribution is -0.141. The van der Waals surface area contributed by atoms with Crippen molar-refractivity contribution in [1.82, 2.24) is 5.32 Å². The van der Waals surface area contributed by atoms with Gasteiger partial charge in [-0.2, -0.15) is 0 Å². The third kappa shape index (κ3) is 2.78. The van der Waals surface area contributed by atoms with Crippen molar-refractivity contribution in [2.24, 2.45) is 5.92 Å². The predicted octanol–water partition coefficient (Wildman–Crippen LogP) is 2.01. The molecule has 1 aromatic carbocycles. The number of carbonyl (C=O) groups excluding carboxylic acids is 1. The van der Waals surface area contributed by atoms with Crippen LogP contribution in [0.15, 0.2) is 18.2 Å². The number of hydrogen-bond donors (Lipinski definition) is 2. The Kier molecular flexibility index (Phi) is 3.88. The molecule has 1 amide bonds. The van der Waals surface area contributed by atoms with E-state index in [9.17, 15) is 9.59 Å². The standard InChI is InChI=1S/C15H19NO3/c1-9(15(18)19)10(2)16-14(17)13-8-4-6-11-5-3-7-12(11)13/h4,6,8-10H,3,5,7H2,1-2H3,(H,16,17)(H,18,19). The molecule has 0 radical (unpaired) electrons. The van der Waals surface area contributed by atoms with Crippen molar-refractivity contribution in [1.29, 1.82) is 0 Å². The quantitative estimate of drug-likeness (QED) is 0.871. The second-order valence-electron chi connectivity index (χ2n) is 5.19. The van der Waals surface area contributed by atoms with Gasteiger partial charge >= 0.3 is 5.97 Å². The molecule has 4 nitrogen and oxygen atoms in total. The molecule has 19 heavy (non-hydrogen) atoms. The molecular formula is C15H19NO3. The van der Waals surface area contributed by atoms with E-state index in [4.69, 9.17) is 5.11 Å². The largest absolute Gasteiger partial charge is 0.481 e. The van der Waals surface area contributed by atoms with Gasteiger partial charge in [-0.3, -0.25) is 9.59 Å². The Morgan fingerprint density at radius 1 is 1.26 bits per heavy atom. The molecule has 1 aliphatic rings. The van der Waals surface area contributed by atoms with E-state index < -0.39 is 11.9 Å². The molecule has 0 bridgehead atoms. The molecule has 0 heterocycles. The number of carboxylic acid groups (broad SMARTS) is 1. The van der Waals surface area contributed by atoms with Crippen LogP contribution < -0.4 is 5.32 Å². The molecule has 0 aromatic heterocycles. The van der Waals surface area contributed by atoms with Gasteiger partial charge in [0.05, 0.1) is 5.92 Å². The first-order chi connectivity index (χ1) is 9.00. The van der Waals surface area contributed by atoms with E-state index >= 15 is 0 Å². The predicted molar refractivity (Wildman–Crippen MR) is 72.2 cm³/mol. The number of aryl methyl sites for hydroxylation is 1. The van der Waals surface area contributed by atoms with Crippen LogP contribution in [0.3, 0.4) is 0 Å². The number of fused-ring (bicyclic) bond motifs is 1. The molecule has 2 unspecified atom stereocenters. The van der Waals surface area contributed by atoms with Crippen LogP contribution >= 0.6 is 0 Å². The molecule has 0 spiro atoms. The zero-order chi connectivity index (χ0) is 14.0. The van der Waals surface area contributed by atoms with E-state index in [1.54, 1.807) is 13.8 Å². The molecule has 102 valence electrons. The molecule has 1 aliphatic carbocycles. The SMILES string of the molecule is CC(NC(=O)c1cccc2c1CCC2)C(C)C(=O)O. The van der Waals surface area contributed by atoms with Gasteiger partial charge in [-0.25, -0.2) is 0 Å². The van der Waals surface area contributed by atoms with Crippen LogP contribution in [-0.4, -0.2) is 23.0 Å². The Morgan fingerprint density at radius 2 is 2.00 bits per heavy atom. The van der Waals surface area contributed by atoms with E-state index in [0.717, 1.165) is 24.8 Å². The van der Waals surface area contributed by atoms with Crippen molar-refractivity contribution in [3.8, 4) is 0 Å². The first-order valence-electron chi connectivity index (χ1n) is 6.65. The van der Waals surface area contributed by atoms with Gasteiger partial charge in [0.25, 0.3) is 5.91 Å². The van der Waals surface area contributed by atoms with E-state index in [2.05, 4.69) is 11.4 Å². The van der Waals surface area contributed by atoms with E-state index in [1.807, 2.05) is 12.1 Å². The summed E-state index contributed by atoms with van der Waals surface area (Å²) < 4.78 is 0. The first kappa shape index (κ1) is 13.6. The number of carboxylic acids is 1. The van der Waals surface area contributed by atoms with E-state index in [-0.39, 0.29) is 11.9 Å². The van der Waals surface area contributed by atoms with Gasteiger partial charge in [0.1, 0.15) is 0 Å². The Bertz CT molecular complexity index is 510. The second-order valence-corrected chi connectivity index (χ2v) is 5.19. The van der Waals surface area contributed by atoms with Crippen molar-refractivity contribution in [3.63, 3.8) is 0 Å². The average molecular weight is 261 g/mol. The number of nitrogens with one attached hydrogen (secondary N) is 1. The minimum Gasteiger partial charge on any atom is -0.481 e. The molecule has 4 heteroatoms. The summed E-state index contributed by atoms with van der Waals surface area (Å²) in [6.07, 6.45) is 3.04. The van der Waals surface area contributed by atoms with Crippen molar-refractivity contribution in [2.75, 3.05) is 0 Å². The third-order valence-corrected chi connectivity index (χ3v) is 3.89. The van der Waals surface area contributed by atoms with Crippen LogP contribution in [0.1, 0.15) is 41.8 Å². The molecule has 0 saturated carbocycles. The lowest BCUT2D eigenvalue weighted by Gasteiger charge is -2.18. The Morgan fingerprint density at radius 3 is 2.68 bits per heavy atom. The topological polar surface area (TPSA) is 66.4 Å². The smallest absolute Gasteiger partial charge is 0.308 e. The molecule has 1 aromatic rings. The van der Waals surface area contributed by atoms with Crippen LogP contribution in [0, 0.1) is 5.92 Å². The Balaban J connectivity index is 2.13. The van der Waals surface area contributed by atoms with Gasteiger partial charge in [-0.05, 0) is 50.3 Å². The minimum atomic E-state index is -0.897. The fraction of sp³-hybridized carbons (Fsp3) is 0.467. The summed E-state index contributed by atoms with van der Waals surface area (Å²) in [4.78, 5) is 23.1. The van der Waals surface area contributed by atoms with Gasteiger partial charge in [0.15, 0.2) is 0 Å². The first-order valence-corrected chi connectivity index (χ1v) is 6.65. The number of amides is 1. The summed E-state index contributed by atoms with van der Waals surface area (Å²) in [5, 5.41) is 11.7. The maximum absolute atomic E-state index is 12.2. The van der Waals surface area contributed by atoms with Crippen LogP contribution in [-0.2, 0) is 17.6 Å². The van der Waals surface area contributed by atoms with Gasteiger partial charge in [0.2, 0.25) is 0 Å². The molecule has 0 saturated heterocycles. The zero-order valence-electron chi connectivity index (χ0n) is 11.3. The van der Waals surface area contributed by atoms with Crippen LogP contribution in [0.2, 0.25) is 0 Å². The normalized spacial score (nSPS) is 16.5. The second kappa shape index (κ2) is 5.43. The van der Waals surface area contributed by atoms with Crippen molar-refractivity contribution in [2.45, 2.75) is 39.2 Å². The maximum Gasteiger partial charge on any atom is 0.308 e. The maximum atomic E-state index is 12.2. The fourth-order valence-corrected chi connectivity index (χ4v) is 2.46. The molecule has 2 atom stereocenters. The monoisotopic (exact) mass is 261 g/mol. The zero-order valence-corrected chi connectivity index (χ0v) is 11.3. The van der Waals surface area contributed by atoms with Gasteiger partial charge in [-0.1, -0.05) is 12.1 Å². The molecule has 0 fully saturated rings. The van der Waals surface area contributed by atoms with Crippen molar-refractivity contribution in [3.05, 3.63) is 34.9 Å². The number of rotatable bonds is 4. The molecule has 0 aliphatic heterocycles. The lowest BCUT2D eigenvalue weighted by Crippen LogP contribution is -2.40. The highest BCUT2D eigenvalue weighted by Gasteiger charge is 2.24. The summed E-state index contributed by atoms with van der Waals surface area (Å²) in [7, 11) is 0. The minimum absolute atomic E-state index is 0.167.